The van der Waals surface area contributed by atoms with Crippen LogP contribution in [0.15, 0.2) is 18.3 Å². The van der Waals surface area contributed by atoms with E-state index in [1.165, 1.54) is 11.3 Å². The van der Waals surface area contributed by atoms with Crippen molar-refractivity contribution in [3.63, 3.8) is 0 Å². The van der Waals surface area contributed by atoms with Crippen LogP contribution in [-0.4, -0.2) is 41.3 Å². The minimum absolute atomic E-state index is 0.0187. The van der Waals surface area contributed by atoms with Crippen molar-refractivity contribution >= 4 is 34.0 Å². The number of fused-ring (bicyclic) bond motifs is 1. The van der Waals surface area contributed by atoms with Gasteiger partial charge in [-0.2, -0.15) is 5.26 Å². The lowest BCUT2D eigenvalue weighted by molar-refractivity contribution is -0.121. The van der Waals surface area contributed by atoms with E-state index in [2.05, 4.69) is 26.6 Å². The van der Waals surface area contributed by atoms with Crippen molar-refractivity contribution in [1.29, 1.82) is 5.26 Å². The first-order valence-electron chi connectivity index (χ1n) is 11.8. The summed E-state index contributed by atoms with van der Waals surface area (Å²) in [5, 5.41) is 16.3. The summed E-state index contributed by atoms with van der Waals surface area (Å²) in [5.41, 5.74) is 2.87. The first kappa shape index (κ1) is 23.4. The Morgan fingerprint density at radius 3 is 2.70 bits per heavy atom. The number of aryl methyl sites for hydroxylation is 2. The number of hydrogen-bond acceptors (Lipinski definition) is 6. The molecule has 2 amide bonds. The number of pyridine rings is 1. The second kappa shape index (κ2) is 10.9. The number of likely N-dealkylation sites (tertiary alicyclic amines) is 1. The van der Waals surface area contributed by atoms with Gasteiger partial charge in [-0.05, 0) is 75.7 Å². The molecular formula is C25H31N5O2S. The Morgan fingerprint density at radius 1 is 1.18 bits per heavy atom. The third kappa shape index (κ3) is 5.98. The monoisotopic (exact) mass is 465 g/mol. The number of carbonyl (C=O) groups excluding carboxylic acids is 2. The van der Waals surface area contributed by atoms with Gasteiger partial charge in [-0.15, -0.1) is 11.3 Å². The molecule has 0 aromatic carbocycles. The highest BCUT2D eigenvalue weighted by atomic mass is 32.1. The number of nitriles is 1. The van der Waals surface area contributed by atoms with Crippen LogP contribution in [0.1, 0.15) is 60.1 Å². The van der Waals surface area contributed by atoms with Crippen LogP contribution in [0.25, 0.3) is 0 Å². The molecule has 1 fully saturated rings. The predicted molar refractivity (Wildman–Crippen MR) is 130 cm³/mol. The molecule has 0 atom stereocenters. The van der Waals surface area contributed by atoms with E-state index in [1.807, 2.05) is 19.1 Å². The van der Waals surface area contributed by atoms with Crippen LogP contribution in [0.4, 0.5) is 10.8 Å². The van der Waals surface area contributed by atoms with Crippen molar-refractivity contribution in [3.05, 3.63) is 39.9 Å². The largest absolute Gasteiger partial charge is 0.317 e. The maximum Gasteiger partial charge on any atom is 0.228 e. The fraction of sp³-hybridized carbons (Fsp3) is 0.520. The van der Waals surface area contributed by atoms with Crippen LogP contribution >= 0.6 is 11.3 Å². The minimum Gasteiger partial charge on any atom is -0.317 e. The van der Waals surface area contributed by atoms with Gasteiger partial charge in [0.2, 0.25) is 11.8 Å². The molecule has 7 nitrogen and oxygen atoms in total. The van der Waals surface area contributed by atoms with Gasteiger partial charge in [-0.1, -0.05) is 12.5 Å². The highest BCUT2D eigenvalue weighted by Gasteiger charge is 2.26. The maximum atomic E-state index is 12.6. The molecule has 0 spiro atoms. The fourth-order valence-corrected chi connectivity index (χ4v) is 5.84. The summed E-state index contributed by atoms with van der Waals surface area (Å²) in [7, 11) is 0. The molecule has 0 unspecified atom stereocenters. The summed E-state index contributed by atoms with van der Waals surface area (Å²) >= 11 is 1.58. The Balaban J connectivity index is 1.22. The van der Waals surface area contributed by atoms with Crippen molar-refractivity contribution in [2.45, 2.75) is 58.3 Å². The van der Waals surface area contributed by atoms with Crippen molar-refractivity contribution in [3.8, 4) is 6.07 Å². The highest BCUT2D eigenvalue weighted by molar-refractivity contribution is 7.16. The number of carbonyl (C=O) groups is 2. The Labute approximate surface area is 199 Å². The van der Waals surface area contributed by atoms with Gasteiger partial charge in [-0.3, -0.25) is 9.59 Å². The molecule has 2 aliphatic rings. The van der Waals surface area contributed by atoms with Crippen LogP contribution in [0.3, 0.4) is 0 Å². The molecule has 3 heterocycles. The van der Waals surface area contributed by atoms with E-state index in [0.717, 1.165) is 67.7 Å². The van der Waals surface area contributed by atoms with Crippen molar-refractivity contribution < 1.29 is 9.59 Å². The Bertz CT molecular complexity index is 1030. The summed E-state index contributed by atoms with van der Waals surface area (Å²) in [4.78, 5) is 32.9. The van der Waals surface area contributed by atoms with Gasteiger partial charge in [0.05, 0.1) is 5.56 Å². The van der Waals surface area contributed by atoms with Crippen molar-refractivity contribution in [2.75, 3.05) is 30.3 Å². The lowest BCUT2D eigenvalue weighted by Gasteiger charge is -2.31. The zero-order valence-corrected chi connectivity index (χ0v) is 20.0. The van der Waals surface area contributed by atoms with Crippen LogP contribution in [0.5, 0.6) is 0 Å². The standard InChI is InChI=1S/C25H31N5O2S/c1-17-7-8-22(27-16-17)28-24(32)18-9-12-30(13-10-18)14-11-23(31)29-25-20(15-26)19-5-3-2-4-6-21(19)33-25/h7-8,16,18H,2-6,9-14H2,1H3,(H,29,31)(H,27,28,32). The summed E-state index contributed by atoms with van der Waals surface area (Å²) in [6.45, 7) is 4.21. The second-order valence-corrected chi connectivity index (χ2v) is 10.1. The topological polar surface area (TPSA) is 98.1 Å². The fourth-order valence-electron chi connectivity index (χ4n) is 4.59. The number of nitrogens with zero attached hydrogens (tertiary/aromatic N) is 3. The van der Waals surface area contributed by atoms with Gasteiger partial charge in [-0.25, -0.2) is 4.98 Å². The second-order valence-electron chi connectivity index (χ2n) is 9.00. The number of hydrogen-bond donors (Lipinski definition) is 2. The van der Waals surface area contributed by atoms with E-state index in [9.17, 15) is 14.9 Å². The Kier molecular flexibility index (Phi) is 7.73. The number of aromatic nitrogens is 1. The predicted octanol–water partition coefficient (Wildman–Crippen LogP) is 4.27. The van der Waals surface area contributed by atoms with Gasteiger partial charge in [0.1, 0.15) is 16.9 Å². The van der Waals surface area contributed by atoms with Gasteiger partial charge < -0.3 is 15.5 Å². The quantitative estimate of drug-likeness (QED) is 0.621. The number of anilines is 2. The first-order valence-corrected chi connectivity index (χ1v) is 12.7. The van der Waals surface area contributed by atoms with Crippen molar-refractivity contribution in [1.82, 2.24) is 9.88 Å². The summed E-state index contributed by atoms with van der Waals surface area (Å²) in [6, 6.07) is 6.08. The minimum atomic E-state index is -0.0479. The molecule has 2 aromatic rings. The molecule has 1 aliphatic carbocycles. The SMILES string of the molecule is Cc1ccc(NC(=O)C2CCN(CCC(=O)Nc3sc4c(c3C#N)CCCCC4)CC2)nc1. The molecule has 174 valence electrons. The summed E-state index contributed by atoms with van der Waals surface area (Å²) in [5.74, 6) is 0.531. The number of nitrogens with one attached hydrogen (secondary N) is 2. The van der Waals surface area contributed by atoms with Gasteiger partial charge >= 0.3 is 0 Å². The molecule has 4 rings (SSSR count). The van der Waals surface area contributed by atoms with Gasteiger partial charge in [0.15, 0.2) is 0 Å². The number of thiophene rings is 1. The van der Waals surface area contributed by atoms with E-state index in [4.69, 9.17) is 0 Å². The average Bonchev–Trinajstić information content (AvgIpc) is 2.98. The number of amides is 2. The van der Waals surface area contributed by atoms with E-state index in [1.54, 1.807) is 17.5 Å². The molecule has 1 aliphatic heterocycles. The van der Waals surface area contributed by atoms with Crippen LogP contribution in [-0.2, 0) is 22.4 Å². The Morgan fingerprint density at radius 2 is 1.97 bits per heavy atom. The van der Waals surface area contributed by atoms with Crippen LogP contribution in [0, 0.1) is 24.2 Å². The maximum absolute atomic E-state index is 12.6. The third-order valence-electron chi connectivity index (χ3n) is 6.56. The zero-order valence-electron chi connectivity index (χ0n) is 19.2. The zero-order chi connectivity index (χ0) is 23.2. The molecule has 2 aromatic heterocycles. The van der Waals surface area contributed by atoms with E-state index < -0.39 is 0 Å². The number of rotatable bonds is 6. The van der Waals surface area contributed by atoms with Gasteiger partial charge in [0, 0.05) is 30.0 Å². The molecular weight excluding hydrogens is 434 g/mol. The molecule has 0 radical (unpaired) electrons. The lowest BCUT2D eigenvalue weighted by atomic mass is 9.96. The summed E-state index contributed by atoms with van der Waals surface area (Å²) in [6.07, 6.45) is 9.09. The highest BCUT2D eigenvalue weighted by Crippen LogP contribution is 2.37. The van der Waals surface area contributed by atoms with Gasteiger partial charge in [0.25, 0.3) is 0 Å². The summed E-state index contributed by atoms with van der Waals surface area (Å²) < 4.78 is 0. The van der Waals surface area contributed by atoms with Crippen LogP contribution < -0.4 is 10.6 Å². The number of piperidine rings is 1. The molecule has 8 heteroatoms. The lowest BCUT2D eigenvalue weighted by Crippen LogP contribution is -2.39. The molecule has 33 heavy (non-hydrogen) atoms. The van der Waals surface area contributed by atoms with E-state index in [-0.39, 0.29) is 17.7 Å². The van der Waals surface area contributed by atoms with E-state index in [0.29, 0.717) is 24.3 Å². The molecule has 2 N–H and O–H groups in total. The van der Waals surface area contributed by atoms with Crippen molar-refractivity contribution in [2.24, 2.45) is 5.92 Å². The molecule has 0 saturated carbocycles. The molecule has 1 saturated heterocycles. The van der Waals surface area contributed by atoms with E-state index >= 15 is 0 Å². The van der Waals surface area contributed by atoms with Crippen LogP contribution in [0.2, 0.25) is 0 Å². The Hall–Kier alpha value is -2.76. The average molecular weight is 466 g/mol. The first-order chi connectivity index (χ1) is 16.0. The third-order valence-corrected chi connectivity index (χ3v) is 7.77. The normalized spacial score (nSPS) is 17.0. The molecule has 0 bridgehead atoms. The smallest absolute Gasteiger partial charge is 0.228 e.